The van der Waals surface area contributed by atoms with E-state index in [2.05, 4.69) is 4.98 Å². The first-order chi connectivity index (χ1) is 9.43. The number of nitrogens with zero attached hydrogens (tertiary/aromatic N) is 1. The number of rotatable bonds is 4. The van der Waals surface area contributed by atoms with E-state index in [0.717, 1.165) is 0 Å². The molecule has 0 aliphatic carbocycles. The third-order valence-corrected chi connectivity index (χ3v) is 5.08. The van der Waals surface area contributed by atoms with Gasteiger partial charge in [0.05, 0.1) is 17.7 Å². The minimum absolute atomic E-state index is 0.125. The zero-order valence-corrected chi connectivity index (χ0v) is 13.2. The highest BCUT2D eigenvalue weighted by Crippen LogP contribution is 2.25. The van der Waals surface area contributed by atoms with Gasteiger partial charge in [0, 0.05) is 35.2 Å². The van der Waals surface area contributed by atoms with Crippen LogP contribution >= 0.6 is 33.9 Å². The number of carbonyl (C=O) groups is 1. The van der Waals surface area contributed by atoms with Crippen molar-refractivity contribution in [2.24, 2.45) is 0 Å². The molecule has 0 unspecified atom stereocenters. The second-order valence-corrected chi connectivity index (χ2v) is 6.56. The summed E-state index contributed by atoms with van der Waals surface area (Å²) in [5.74, 6) is 0. The highest BCUT2D eigenvalue weighted by molar-refractivity contribution is 14.1. The number of aromatic nitrogens is 1. The number of hydrogen-bond acceptors (Lipinski definition) is 8. The molecule has 1 aromatic heterocycles. The highest BCUT2D eigenvalue weighted by atomic mass is 127. The molecule has 1 saturated heterocycles. The van der Waals surface area contributed by atoms with E-state index >= 15 is 0 Å². The van der Waals surface area contributed by atoms with Crippen LogP contribution in [0.3, 0.4) is 0 Å². The monoisotopic (exact) mass is 415 g/mol. The van der Waals surface area contributed by atoms with Gasteiger partial charge >= 0.3 is 0 Å². The Morgan fingerprint density at radius 1 is 1.30 bits per heavy atom. The Kier molecular flexibility index (Phi) is 5.45. The molecule has 1 aromatic rings. The van der Waals surface area contributed by atoms with E-state index in [0.29, 0.717) is 9.88 Å². The maximum absolute atomic E-state index is 11.2. The summed E-state index contributed by atoms with van der Waals surface area (Å²) in [6.45, 7) is -0.462. The number of thiazole rings is 1. The molecule has 1 aliphatic heterocycles. The van der Waals surface area contributed by atoms with Crippen LogP contribution < -0.4 is 0 Å². The maximum atomic E-state index is 11.2. The van der Waals surface area contributed by atoms with Crippen LogP contribution in [0, 0.1) is 0 Å². The van der Waals surface area contributed by atoms with Crippen LogP contribution in [0.5, 0.6) is 0 Å². The Bertz CT molecular complexity index is 481. The first kappa shape index (κ1) is 16.2. The number of halogens is 1. The minimum Gasteiger partial charge on any atom is -0.394 e. The van der Waals surface area contributed by atoms with Gasteiger partial charge in [-0.1, -0.05) is 0 Å². The van der Waals surface area contributed by atoms with Gasteiger partial charge in [0.15, 0.2) is 0 Å². The van der Waals surface area contributed by atoms with Crippen molar-refractivity contribution in [2.75, 3.05) is 6.61 Å². The lowest BCUT2D eigenvalue weighted by Crippen LogP contribution is -2.58. The predicted octanol–water partition coefficient (Wildman–Crippen LogP) is -0.897. The normalized spacial score (nSPS) is 34.1. The largest absolute Gasteiger partial charge is 0.394 e. The van der Waals surface area contributed by atoms with Gasteiger partial charge in [-0.25, -0.2) is 4.98 Å². The molecule has 112 valence electrons. The summed E-state index contributed by atoms with van der Waals surface area (Å²) in [4.78, 5) is 15.7. The van der Waals surface area contributed by atoms with Gasteiger partial charge in [0.1, 0.15) is 29.3 Å². The zero-order valence-electron chi connectivity index (χ0n) is 10.2. The number of ether oxygens (including phenoxy) is 1. The third kappa shape index (κ3) is 3.35. The molecule has 4 N–H and O–H groups in total. The number of hydrogen-bond donors (Lipinski definition) is 4. The Balaban J connectivity index is 2.08. The molecule has 9 heteroatoms. The van der Waals surface area contributed by atoms with Crippen molar-refractivity contribution in [1.82, 2.24) is 4.98 Å². The van der Waals surface area contributed by atoms with E-state index in [9.17, 15) is 20.1 Å². The molecule has 0 saturated carbocycles. The lowest BCUT2D eigenvalue weighted by Gasteiger charge is -2.39. The van der Waals surface area contributed by atoms with E-state index in [4.69, 9.17) is 9.84 Å². The molecule has 0 radical (unpaired) electrons. The van der Waals surface area contributed by atoms with Crippen molar-refractivity contribution in [1.29, 1.82) is 0 Å². The lowest BCUT2D eigenvalue weighted by atomic mass is 9.94. The molecule has 0 bridgehead atoms. The molecule has 7 nitrogen and oxygen atoms in total. The Morgan fingerprint density at radius 2 is 1.95 bits per heavy atom. The van der Waals surface area contributed by atoms with E-state index in [-0.39, 0.29) is 10.2 Å². The fourth-order valence-corrected chi connectivity index (χ4v) is 3.28. The molecular formula is C11H14INO6S. The second-order valence-electron chi connectivity index (χ2n) is 4.46. The molecule has 1 fully saturated rings. The third-order valence-electron chi connectivity index (χ3n) is 3.11. The van der Waals surface area contributed by atoms with Gasteiger partial charge in [-0.15, -0.1) is 11.3 Å². The topological polar surface area (TPSA) is 120 Å². The van der Waals surface area contributed by atoms with Crippen molar-refractivity contribution in [2.45, 2.75) is 36.9 Å². The molecule has 5 atom stereocenters. The van der Waals surface area contributed by atoms with Crippen LogP contribution in [0.25, 0.3) is 0 Å². The number of aliphatic hydroxyl groups is 4. The summed E-state index contributed by atoms with van der Waals surface area (Å²) < 4.78 is 5.25. The number of carbonyl (C=O) groups excluding carboxylic acids is 1. The van der Waals surface area contributed by atoms with Gasteiger partial charge in [-0.3, -0.25) is 4.79 Å². The molecule has 0 amide bonds. The summed E-state index contributed by atoms with van der Waals surface area (Å²) in [5, 5.41) is 38.9. The first-order valence-corrected chi connectivity index (χ1v) is 7.78. The van der Waals surface area contributed by atoms with Crippen LogP contribution in [0.2, 0.25) is 0 Å². The lowest BCUT2D eigenvalue weighted by molar-refractivity contribution is -0.228. The Labute approximate surface area is 132 Å². The molecule has 1 aliphatic rings. The van der Waals surface area contributed by atoms with Crippen LogP contribution in [0.4, 0.5) is 0 Å². The Morgan fingerprint density at radius 3 is 2.50 bits per heavy atom. The molecule has 0 spiro atoms. The number of aliphatic hydroxyl groups excluding tert-OH is 4. The smallest absolute Gasteiger partial charge is 0.233 e. The Hall–Kier alpha value is -0.170. The van der Waals surface area contributed by atoms with E-state index in [1.165, 1.54) is 17.5 Å². The minimum atomic E-state index is -1.39. The van der Waals surface area contributed by atoms with Crippen molar-refractivity contribution in [3.05, 3.63) is 16.1 Å². The molecule has 2 rings (SSSR count). The fourth-order valence-electron chi connectivity index (χ4n) is 2.01. The van der Waals surface area contributed by atoms with Gasteiger partial charge < -0.3 is 25.2 Å². The standard InChI is InChI=1S/C11H14INO6S/c12-11(18)6-2-13-7(20-6)1-4-8(15)10(17)9(16)5(3-14)19-4/h2,4-5,8-10,14-17H,1,3H2/t4-,5-,8-,9-,10-/m1/s1. The van der Waals surface area contributed by atoms with Crippen molar-refractivity contribution < 1.29 is 30.0 Å². The SMILES string of the molecule is O=C(I)c1cnc(C[C@H]2O[C@H](CO)[C@@H](O)[C@H](O)[C@@H]2O)s1. The fraction of sp³-hybridized carbons (Fsp3) is 0.636. The highest BCUT2D eigenvalue weighted by Gasteiger charge is 2.43. The molecule has 2 heterocycles. The van der Waals surface area contributed by atoms with E-state index < -0.39 is 37.1 Å². The van der Waals surface area contributed by atoms with Crippen LogP contribution in [-0.4, -0.2) is 66.3 Å². The van der Waals surface area contributed by atoms with Crippen molar-refractivity contribution >= 4 is 37.7 Å². The van der Waals surface area contributed by atoms with Gasteiger partial charge in [-0.2, -0.15) is 0 Å². The van der Waals surface area contributed by atoms with Crippen LogP contribution in [-0.2, 0) is 11.2 Å². The summed E-state index contributed by atoms with van der Waals surface area (Å²) >= 11 is 2.84. The van der Waals surface area contributed by atoms with Gasteiger partial charge in [0.25, 0.3) is 0 Å². The molecule has 20 heavy (non-hydrogen) atoms. The van der Waals surface area contributed by atoms with E-state index in [1.807, 2.05) is 0 Å². The summed E-state index contributed by atoms with van der Waals surface area (Å²) in [6.07, 6.45) is -4.13. The summed E-state index contributed by atoms with van der Waals surface area (Å²) in [7, 11) is 0. The molecular weight excluding hydrogens is 401 g/mol. The molecule has 0 aromatic carbocycles. The first-order valence-electron chi connectivity index (χ1n) is 5.89. The summed E-state index contributed by atoms with van der Waals surface area (Å²) in [5.41, 5.74) is 0. The van der Waals surface area contributed by atoms with Crippen LogP contribution in [0.15, 0.2) is 6.20 Å². The predicted molar refractivity (Wildman–Crippen MR) is 77.9 cm³/mol. The second kappa shape index (κ2) is 6.73. The zero-order chi connectivity index (χ0) is 14.9. The maximum Gasteiger partial charge on any atom is 0.233 e. The summed E-state index contributed by atoms with van der Waals surface area (Å²) in [6, 6.07) is 0. The van der Waals surface area contributed by atoms with E-state index in [1.54, 1.807) is 22.6 Å². The average Bonchev–Trinajstić information content (AvgIpc) is 2.88. The van der Waals surface area contributed by atoms with Gasteiger partial charge in [0.2, 0.25) is 3.79 Å². The average molecular weight is 415 g/mol. The van der Waals surface area contributed by atoms with Crippen LogP contribution in [0.1, 0.15) is 14.7 Å². The van der Waals surface area contributed by atoms with Crippen molar-refractivity contribution in [3.63, 3.8) is 0 Å². The van der Waals surface area contributed by atoms with Gasteiger partial charge in [-0.05, 0) is 0 Å². The van der Waals surface area contributed by atoms with Crippen molar-refractivity contribution in [3.8, 4) is 0 Å². The quantitative estimate of drug-likeness (QED) is 0.372.